The third kappa shape index (κ3) is 3.71. The van der Waals surface area contributed by atoms with E-state index in [4.69, 9.17) is 9.05 Å². The van der Waals surface area contributed by atoms with E-state index in [0.29, 0.717) is 18.3 Å². The minimum absolute atomic E-state index is 0.0644. The summed E-state index contributed by atoms with van der Waals surface area (Å²) in [7, 11) is 0. The van der Waals surface area contributed by atoms with Crippen LogP contribution in [0.5, 0.6) is 0 Å². The predicted octanol–water partition coefficient (Wildman–Crippen LogP) is 3.87. The Morgan fingerprint density at radius 3 is 2.50 bits per heavy atom. The average molecular weight is 326 g/mol. The van der Waals surface area contributed by atoms with Gasteiger partial charge in [-0.15, -0.1) is 0 Å². The summed E-state index contributed by atoms with van der Waals surface area (Å²) < 4.78 is 10.7. The standard InChI is InChI=1S/C18H22N4O2/c1-12(16-20-17(22-24-16)18(2,3)4)19-11-14-10-15(23-21-14)13-8-6-5-7-9-13/h5-10,12,19H,11H2,1-4H3/t12-/m0/s1. The summed E-state index contributed by atoms with van der Waals surface area (Å²) in [5.41, 5.74) is 1.71. The van der Waals surface area contributed by atoms with Crippen molar-refractivity contribution in [3.63, 3.8) is 0 Å². The van der Waals surface area contributed by atoms with E-state index in [1.807, 2.05) is 43.3 Å². The molecule has 3 aromatic rings. The van der Waals surface area contributed by atoms with Gasteiger partial charge in [-0.25, -0.2) is 0 Å². The lowest BCUT2D eigenvalue weighted by atomic mass is 9.96. The molecular weight excluding hydrogens is 304 g/mol. The van der Waals surface area contributed by atoms with Gasteiger partial charge in [-0.1, -0.05) is 61.4 Å². The lowest BCUT2D eigenvalue weighted by Crippen LogP contribution is -2.19. The lowest BCUT2D eigenvalue weighted by Gasteiger charge is -2.11. The fraction of sp³-hybridized carbons (Fsp3) is 0.389. The van der Waals surface area contributed by atoms with Gasteiger partial charge < -0.3 is 14.4 Å². The molecule has 24 heavy (non-hydrogen) atoms. The highest BCUT2D eigenvalue weighted by atomic mass is 16.5. The smallest absolute Gasteiger partial charge is 0.243 e. The molecule has 0 saturated carbocycles. The van der Waals surface area contributed by atoms with E-state index >= 15 is 0 Å². The van der Waals surface area contributed by atoms with Crippen molar-refractivity contribution in [1.29, 1.82) is 0 Å². The van der Waals surface area contributed by atoms with Gasteiger partial charge >= 0.3 is 0 Å². The van der Waals surface area contributed by atoms with Gasteiger partial charge in [0, 0.05) is 23.6 Å². The molecule has 0 aliphatic heterocycles. The summed E-state index contributed by atoms with van der Waals surface area (Å²) in [6.45, 7) is 8.71. The van der Waals surface area contributed by atoms with Crippen molar-refractivity contribution in [2.45, 2.75) is 45.7 Å². The zero-order valence-corrected chi connectivity index (χ0v) is 14.4. The molecule has 6 heteroatoms. The molecule has 0 fully saturated rings. The van der Waals surface area contributed by atoms with Crippen LogP contribution in [0.1, 0.15) is 51.1 Å². The van der Waals surface area contributed by atoms with Crippen LogP contribution in [0.2, 0.25) is 0 Å². The highest BCUT2D eigenvalue weighted by molar-refractivity contribution is 5.56. The van der Waals surface area contributed by atoms with Crippen LogP contribution in [0.4, 0.5) is 0 Å². The van der Waals surface area contributed by atoms with E-state index in [1.54, 1.807) is 0 Å². The van der Waals surface area contributed by atoms with Gasteiger partial charge in [0.2, 0.25) is 5.89 Å². The van der Waals surface area contributed by atoms with Crippen LogP contribution < -0.4 is 5.32 Å². The third-order valence-electron chi connectivity index (χ3n) is 3.69. The van der Waals surface area contributed by atoms with Gasteiger partial charge in [-0.05, 0) is 6.92 Å². The second-order valence-electron chi connectivity index (χ2n) is 6.86. The van der Waals surface area contributed by atoms with Crippen molar-refractivity contribution in [2.24, 2.45) is 0 Å². The predicted molar refractivity (Wildman–Crippen MR) is 90.2 cm³/mol. The summed E-state index contributed by atoms with van der Waals surface area (Å²) in [4.78, 5) is 4.46. The molecule has 0 aliphatic carbocycles. The van der Waals surface area contributed by atoms with Crippen molar-refractivity contribution >= 4 is 0 Å². The molecule has 126 valence electrons. The molecule has 0 unspecified atom stereocenters. The van der Waals surface area contributed by atoms with Gasteiger partial charge in [0.05, 0.1) is 11.7 Å². The van der Waals surface area contributed by atoms with Gasteiger partial charge in [-0.2, -0.15) is 4.98 Å². The summed E-state index contributed by atoms with van der Waals surface area (Å²) in [5, 5.41) is 11.5. The Bertz CT molecular complexity index is 787. The first kappa shape index (κ1) is 16.4. The molecule has 0 saturated heterocycles. The van der Waals surface area contributed by atoms with Crippen molar-refractivity contribution < 1.29 is 9.05 Å². The van der Waals surface area contributed by atoms with E-state index in [-0.39, 0.29) is 11.5 Å². The van der Waals surface area contributed by atoms with Crippen molar-refractivity contribution in [3.05, 3.63) is 53.8 Å². The first-order valence-electron chi connectivity index (χ1n) is 8.02. The van der Waals surface area contributed by atoms with Gasteiger partial charge in [0.15, 0.2) is 11.6 Å². The minimum atomic E-state index is -0.127. The van der Waals surface area contributed by atoms with Crippen molar-refractivity contribution in [3.8, 4) is 11.3 Å². The van der Waals surface area contributed by atoms with Crippen molar-refractivity contribution in [2.75, 3.05) is 0 Å². The van der Waals surface area contributed by atoms with E-state index in [1.165, 1.54) is 0 Å². The molecule has 0 radical (unpaired) electrons. The Morgan fingerprint density at radius 2 is 1.83 bits per heavy atom. The van der Waals surface area contributed by atoms with Gasteiger partial charge in [0.25, 0.3) is 0 Å². The maximum absolute atomic E-state index is 5.40. The molecule has 0 aliphatic rings. The SMILES string of the molecule is C[C@H](NCc1cc(-c2ccccc2)on1)c1nc(C(C)(C)C)no1. The van der Waals surface area contributed by atoms with Crippen LogP contribution in [-0.2, 0) is 12.0 Å². The fourth-order valence-electron chi connectivity index (χ4n) is 2.19. The van der Waals surface area contributed by atoms with E-state index < -0.39 is 0 Å². The third-order valence-corrected chi connectivity index (χ3v) is 3.69. The van der Waals surface area contributed by atoms with Crippen LogP contribution in [0.15, 0.2) is 45.4 Å². The lowest BCUT2D eigenvalue weighted by molar-refractivity contribution is 0.328. The summed E-state index contributed by atoms with van der Waals surface area (Å²) in [5.74, 6) is 2.04. The van der Waals surface area contributed by atoms with Crippen LogP contribution in [-0.4, -0.2) is 15.3 Å². The molecule has 6 nitrogen and oxygen atoms in total. The summed E-state index contributed by atoms with van der Waals surface area (Å²) in [6.07, 6.45) is 0. The molecule has 2 heterocycles. The Labute approximate surface area is 141 Å². The monoisotopic (exact) mass is 326 g/mol. The summed E-state index contributed by atoms with van der Waals surface area (Å²) >= 11 is 0. The van der Waals surface area contributed by atoms with E-state index in [2.05, 4.69) is 41.4 Å². The Hall–Kier alpha value is -2.47. The number of hydrogen-bond acceptors (Lipinski definition) is 6. The largest absolute Gasteiger partial charge is 0.356 e. The first-order chi connectivity index (χ1) is 11.4. The number of nitrogens with one attached hydrogen (secondary N) is 1. The second kappa shape index (κ2) is 6.57. The number of hydrogen-bond donors (Lipinski definition) is 1. The summed E-state index contributed by atoms with van der Waals surface area (Å²) in [6, 6.07) is 11.8. The molecule has 1 N–H and O–H groups in total. The average Bonchev–Trinajstić information content (AvgIpc) is 3.22. The van der Waals surface area contributed by atoms with Crippen LogP contribution in [0.25, 0.3) is 11.3 Å². The highest BCUT2D eigenvalue weighted by Gasteiger charge is 2.23. The van der Waals surface area contributed by atoms with Crippen LogP contribution in [0, 0.1) is 0 Å². The van der Waals surface area contributed by atoms with Crippen LogP contribution >= 0.6 is 0 Å². The molecule has 0 spiro atoms. The molecule has 1 aromatic carbocycles. The molecule has 3 rings (SSSR count). The quantitative estimate of drug-likeness (QED) is 0.767. The number of aromatic nitrogens is 3. The van der Waals surface area contributed by atoms with Crippen LogP contribution in [0.3, 0.4) is 0 Å². The second-order valence-corrected chi connectivity index (χ2v) is 6.86. The Morgan fingerprint density at radius 1 is 1.08 bits per heavy atom. The Balaban J connectivity index is 1.62. The number of benzene rings is 1. The molecule has 1 atom stereocenters. The van der Waals surface area contributed by atoms with E-state index in [9.17, 15) is 0 Å². The Kier molecular flexibility index (Phi) is 4.49. The zero-order chi connectivity index (χ0) is 17.2. The van der Waals surface area contributed by atoms with Gasteiger partial charge in [0.1, 0.15) is 0 Å². The van der Waals surface area contributed by atoms with Gasteiger partial charge in [-0.3, -0.25) is 0 Å². The van der Waals surface area contributed by atoms with Crippen molar-refractivity contribution in [1.82, 2.24) is 20.6 Å². The normalized spacial score (nSPS) is 13.2. The molecule has 0 amide bonds. The number of rotatable bonds is 5. The maximum atomic E-state index is 5.40. The molecule has 0 bridgehead atoms. The van der Waals surface area contributed by atoms with E-state index in [0.717, 1.165) is 17.0 Å². The first-order valence-corrected chi connectivity index (χ1v) is 8.02. The maximum Gasteiger partial charge on any atom is 0.243 e. The molecule has 2 aromatic heterocycles. The zero-order valence-electron chi connectivity index (χ0n) is 14.4. The fourth-order valence-corrected chi connectivity index (χ4v) is 2.19. The number of nitrogens with zero attached hydrogens (tertiary/aromatic N) is 3. The minimum Gasteiger partial charge on any atom is -0.356 e. The molecular formula is C18H22N4O2. The highest BCUT2D eigenvalue weighted by Crippen LogP contribution is 2.22. The topological polar surface area (TPSA) is 77.0 Å².